The lowest BCUT2D eigenvalue weighted by Crippen LogP contribution is -2.47. The van der Waals surface area contributed by atoms with Crippen molar-refractivity contribution in [3.8, 4) is 0 Å². The van der Waals surface area contributed by atoms with Gasteiger partial charge in [0.05, 0.1) is 17.6 Å². The Balaban J connectivity index is 1.75. The lowest BCUT2D eigenvalue weighted by molar-refractivity contribution is 0.00990. The molecule has 0 radical (unpaired) electrons. The van der Waals surface area contributed by atoms with E-state index in [1.807, 2.05) is 37.3 Å². The second kappa shape index (κ2) is 13.6. The van der Waals surface area contributed by atoms with Gasteiger partial charge in [-0.15, -0.1) is 0 Å². The highest BCUT2D eigenvalue weighted by Gasteiger charge is 2.22. The van der Waals surface area contributed by atoms with E-state index in [0.717, 1.165) is 63.6 Å². The fraction of sp³-hybridized carbons (Fsp3) is 0.682. The Labute approximate surface area is 181 Å². The van der Waals surface area contributed by atoms with Crippen LogP contribution in [0.3, 0.4) is 0 Å². The Kier molecular flexibility index (Phi) is 11.2. The molecule has 0 spiro atoms. The Morgan fingerprint density at radius 1 is 1.17 bits per heavy atom. The molecule has 0 aromatic heterocycles. The first-order valence-corrected chi connectivity index (χ1v) is 12.7. The number of likely N-dealkylation sites (tertiary alicyclic amines) is 1. The predicted octanol–water partition coefficient (Wildman–Crippen LogP) is 2.47. The first-order chi connectivity index (χ1) is 14.5. The van der Waals surface area contributed by atoms with Gasteiger partial charge in [0.2, 0.25) is 0 Å². The van der Waals surface area contributed by atoms with Crippen LogP contribution < -0.4 is 5.32 Å². The molecule has 1 N–H and O–H groups in total. The number of ether oxygens (including phenoxy) is 2. The second-order valence-electron chi connectivity index (χ2n) is 7.57. The van der Waals surface area contributed by atoms with Gasteiger partial charge in [-0.1, -0.05) is 30.3 Å². The Bertz CT molecular complexity index is 717. The molecule has 0 aliphatic carbocycles. The lowest BCUT2D eigenvalue weighted by Gasteiger charge is -2.34. The summed E-state index contributed by atoms with van der Waals surface area (Å²) in [5.74, 6) is 1.12. The van der Waals surface area contributed by atoms with E-state index in [9.17, 15) is 8.42 Å². The molecular formula is C22H37N3O4S. The minimum Gasteiger partial charge on any atom is -0.385 e. The van der Waals surface area contributed by atoms with Crippen LogP contribution in [0.1, 0.15) is 38.2 Å². The van der Waals surface area contributed by atoms with Gasteiger partial charge in [0.15, 0.2) is 15.8 Å². The largest absolute Gasteiger partial charge is 0.385 e. The number of nitrogens with zero attached hydrogens (tertiary/aromatic N) is 2. The van der Waals surface area contributed by atoms with Crippen molar-refractivity contribution in [1.29, 1.82) is 0 Å². The van der Waals surface area contributed by atoms with E-state index in [1.165, 1.54) is 0 Å². The third-order valence-corrected chi connectivity index (χ3v) is 6.71. The number of guanidine groups is 1. The molecule has 0 atom stereocenters. The van der Waals surface area contributed by atoms with Crippen molar-refractivity contribution >= 4 is 15.8 Å². The molecule has 0 saturated carbocycles. The van der Waals surface area contributed by atoms with Crippen LogP contribution >= 0.6 is 0 Å². The van der Waals surface area contributed by atoms with Crippen LogP contribution in [0.2, 0.25) is 0 Å². The number of sulfone groups is 1. The van der Waals surface area contributed by atoms with Crippen LogP contribution in [0.15, 0.2) is 35.3 Å². The van der Waals surface area contributed by atoms with E-state index in [-0.39, 0.29) is 11.5 Å². The molecule has 1 saturated heterocycles. The zero-order chi connectivity index (χ0) is 21.7. The highest BCUT2D eigenvalue weighted by molar-refractivity contribution is 7.90. The third-order valence-electron chi connectivity index (χ3n) is 5.03. The standard InChI is InChI=1S/C22H37N3O4S/c1-3-23-22(25-14-11-21(12-15-25)29-17-8-16-28-2)24-13-7-18-30(26,27)19-20-9-5-4-6-10-20/h4-6,9-10,21H,3,7-8,11-19H2,1-2H3,(H,23,24). The maximum Gasteiger partial charge on any atom is 0.193 e. The minimum atomic E-state index is -3.12. The van der Waals surface area contributed by atoms with Crippen molar-refractivity contribution in [1.82, 2.24) is 10.2 Å². The topological polar surface area (TPSA) is 80.2 Å². The number of hydrogen-bond acceptors (Lipinski definition) is 5. The molecule has 7 nitrogen and oxygen atoms in total. The number of aliphatic imine (C=N–C) groups is 1. The van der Waals surface area contributed by atoms with E-state index in [2.05, 4.69) is 15.2 Å². The Morgan fingerprint density at radius 2 is 1.90 bits per heavy atom. The predicted molar refractivity (Wildman–Crippen MR) is 122 cm³/mol. The fourth-order valence-corrected chi connectivity index (χ4v) is 4.90. The number of rotatable bonds is 12. The van der Waals surface area contributed by atoms with Gasteiger partial charge in [-0.3, -0.25) is 4.99 Å². The third kappa shape index (κ3) is 9.45. The van der Waals surface area contributed by atoms with Crippen LogP contribution in [-0.4, -0.2) is 77.6 Å². The first kappa shape index (κ1) is 24.6. The molecule has 1 aromatic carbocycles. The first-order valence-electron chi connectivity index (χ1n) is 10.9. The van der Waals surface area contributed by atoms with Crippen LogP contribution in [0.4, 0.5) is 0 Å². The van der Waals surface area contributed by atoms with Crippen molar-refractivity contribution in [3.05, 3.63) is 35.9 Å². The molecule has 30 heavy (non-hydrogen) atoms. The molecular weight excluding hydrogens is 402 g/mol. The SMILES string of the molecule is CCNC(=NCCCS(=O)(=O)Cc1ccccc1)N1CCC(OCCCOC)CC1. The summed E-state index contributed by atoms with van der Waals surface area (Å²) < 4.78 is 35.7. The molecule has 0 bridgehead atoms. The summed E-state index contributed by atoms with van der Waals surface area (Å²) in [6, 6.07) is 9.33. The van der Waals surface area contributed by atoms with Gasteiger partial charge in [0.25, 0.3) is 0 Å². The molecule has 1 aliphatic rings. The highest BCUT2D eigenvalue weighted by Crippen LogP contribution is 2.14. The highest BCUT2D eigenvalue weighted by atomic mass is 32.2. The van der Waals surface area contributed by atoms with Gasteiger partial charge < -0.3 is 19.7 Å². The Morgan fingerprint density at radius 3 is 2.57 bits per heavy atom. The van der Waals surface area contributed by atoms with Crippen LogP contribution in [0.5, 0.6) is 0 Å². The molecule has 1 heterocycles. The second-order valence-corrected chi connectivity index (χ2v) is 9.75. The van der Waals surface area contributed by atoms with E-state index in [0.29, 0.717) is 19.1 Å². The van der Waals surface area contributed by atoms with Crippen molar-refractivity contribution in [2.45, 2.75) is 44.5 Å². The molecule has 0 amide bonds. The van der Waals surface area contributed by atoms with E-state index < -0.39 is 9.84 Å². The van der Waals surface area contributed by atoms with Gasteiger partial charge in [-0.25, -0.2) is 8.42 Å². The van der Waals surface area contributed by atoms with Gasteiger partial charge in [0.1, 0.15) is 0 Å². The fourth-order valence-electron chi connectivity index (χ4n) is 3.48. The maximum absolute atomic E-state index is 12.3. The molecule has 170 valence electrons. The van der Waals surface area contributed by atoms with Crippen LogP contribution in [-0.2, 0) is 25.1 Å². The minimum absolute atomic E-state index is 0.0928. The smallest absolute Gasteiger partial charge is 0.193 e. The van der Waals surface area contributed by atoms with Gasteiger partial charge in [0, 0.05) is 46.5 Å². The number of nitrogens with one attached hydrogen (secondary N) is 1. The number of piperidine rings is 1. The van der Waals surface area contributed by atoms with Crippen molar-refractivity contribution in [2.24, 2.45) is 4.99 Å². The molecule has 8 heteroatoms. The van der Waals surface area contributed by atoms with Crippen LogP contribution in [0.25, 0.3) is 0 Å². The molecule has 1 aromatic rings. The van der Waals surface area contributed by atoms with E-state index in [4.69, 9.17) is 9.47 Å². The average Bonchev–Trinajstić information content (AvgIpc) is 2.74. The quantitative estimate of drug-likeness (QED) is 0.306. The van der Waals surface area contributed by atoms with Crippen LogP contribution in [0, 0.1) is 0 Å². The lowest BCUT2D eigenvalue weighted by atomic mass is 10.1. The number of benzene rings is 1. The average molecular weight is 440 g/mol. The monoisotopic (exact) mass is 439 g/mol. The molecule has 2 rings (SSSR count). The van der Waals surface area contributed by atoms with Crippen molar-refractivity contribution < 1.29 is 17.9 Å². The summed E-state index contributed by atoms with van der Waals surface area (Å²) in [5.41, 5.74) is 0.835. The van der Waals surface area contributed by atoms with E-state index >= 15 is 0 Å². The molecule has 0 unspecified atom stereocenters. The van der Waals surface area contributed by atoms with E-state index in [1.54, 1.807) is 7.11 Å². The van der Waals surface area contributed by atoms with Crippen molar-refractivity contribution in [3.63, 3.8) is 0 Å². The Hall–Kier alpha value is -1.64. The van der Waals surface area contributed by atoms with Gasteiger partial charge >= 0.3 is 0 Å². The number of hydrogen-bond donors (Lipinski definition) is 1. The summed E-state index contributed by atoms with van der Waals surface area (Å²) in [7, 11) is -1.41. The summed E-state index contributed by atoms with van der Waals surface area (Å²) in [6.45, 7) is 6.61. The normalized spacial score (nSPS) is 16.1. The summed E-state index contributed by atoms with van der Waals surface area (Å²) in [6.07, 6.45) is 3.70. The molecule has 1 aliphatic heterocycles. The maximum atomic E-state index is 12.3. The van der Waals surface area contributed by atoms with Gasteiger partial charge in [-0.2, -0.15) is 0 Å². The molecule has 1 fully saturated rings. The summed E-state index contributed by atoms with van der Waals surface area (Å²) in [5, 5.41) is 3.33. The number of methoxy groups -OCH3 is 1. The zero-order valence-electron chi connectivity index (χ0n) is 18.4. The summed E-state index contributed by atoms with van der Waals surface area (Å²) in [4.78, 5) is 6.92. The zero-order valence-corrected chi connectivity index (χ0v) is 19.2. The van der Waals surface area contributed by atoms with Gasteiger partial charge in [-0.05, 0) is 38.2 Å². The van der Waals surface area contributed by atoms with Crippen molar-refractivity contribution in [2.75, 3.05) is 52.3 Å². The summed E-state index contributed by atoms with van der Waals surface area (Å²) >= 11 is 0.